The molecule has 1 fully saturated rings. The topological polar surface area (TPSA) is 38.5 Å². The van der Waals surface area contributed by atoms with Gasteiger partial charge in [0.05, 0.1) is 5.60 Å². The highest BCUT2D eigenvalue weighted by molar-refractivity contribution is 5.21. The van der Waals surface area contributed by atoms with Gasteiger partial charge in [-0.2, -0.15) is 0 Å². The molecule has 1 aliphatic rings. The first-order valence-corrected chi connectivity index (χ1v) is 7.25. The van der Waals surface area contributed by atoms with Gasteiger partial charge in [0, 0.05) is 25.7 Å². The van der Waals surface area contributed by atoms with E-state index in [2.05, 4.69) is 18.7 Å². The number of nitrogens with two attached hydrogens (primary N) is 1. The van der Waals surface area contributed by atoms with Crippen molar-refractivity contribution in [1.82, 2.24) is 4.90 Å². The molecule has 20 heavy (non-hydrogen) atoms. The number of nitrogens with zero attached hydrogens (tertiary/aromatic N) is 1. The molecule has 0 bridgehead atoms. The van der Waals surface area contributed by atoms with E-state index < -0.39 is 0 Å². The summed E-state index contributed by atoms with van der Waals surface area (Å²) in [6.45, 7) is 6.21. The summed E-state index contributed by atoms with van der Waals surface area (Å²) >= 11 is 0. The Morgan fingerprint density at radius 2 is 2.00 bits per heavy atom. The van der Waals surface area contributed by atoms with Crippen LogP contribution in [0.1, 0.15) is 38.3 Å². The van der Waals surface area contributed by atoms with Crippen molar-refractivity contribution in [2.24, 2.45) is 5.73 Å². The fourth-order valence-corrected chi connectivity index (χ4v) is 2.95. The summed E-state index contributed by atoms with van der Waals surface area (Å²) < 4.78 is 18.6. The van der Waals surface area contributed by atoms with Crippen LogP contribution < -0.4 is 5.73 Å². The molecule has 0 amide bonds. The number of hydrogen-bond acceptors (Lipinski definition) is 3. The Kier molecular flexibility index (Phi) is 4.78. The van der Waals surface area contributed by atoms with Crippen LogP contribution in [0.15, 0.2) is 24.3 Å². The summed E-state index contributed by atoms with van der Waals surface area (Å²) in [6, 6.07) is 6.57. The molecule has 1 heterocycles. The minimum atomic E-state index is -0.224. The van der Waals surface area contributed by atoms with E-state index in [0.717, 1.165) is 31.5 Å². The predicted molar refractivity (Wildman–Crippen MR) is 79.0 cm³/mol. The van der Waals surface area contributed by atoms with E-state index in [1.807, 2.05) is 0 Å². The molecule has 3 atom stereocenters. The molecule has 4 heteroatoms. The number of rotatable bonds is 4. The molecule has 2 rings (SSSR count). The molecule has 2 N–H and O–H groups in total. The van der Waals surface area contributed by atoms with E-state index in [4.69, 9.17) is 10.5 Å². The number of likely N-dealkylation sites (tertiary alicyclic amines) is 1. The third-order valence-electron chi connectivity index (χ3n) is 4.53. The highest BCUT2D eigenvalue weighted by Gasteiger charge is 2.34. The van der Waals surface area contributed by atoms with Gasteiger partial charge in [-0.25, -0.2) is 4.39 Å². The minimum absolute atomic E-state index is 0.0883. The lowest BCUT2D eigenvalue weighted by Crippen LogP contribution is -2.52. The van der Waals surface area contributed by atoms with Crippen LogP contribution in [0.2, 0.25) is 0 Å². The third kappa shape index (κ3) is 3.37. The van der Waals surface area contributed by atoms with Crippen LogP contribution in [-0.4, -0.2) is 36.7 Å². The fraction of sp³-hybridized carbons (Fsp3) is 0.625. The zero-order valence-corrected chi connectivity index (χ0v) is 12.6. The predicted octanol–water partition coefficient (Wildman–Crippen LogP) is 2.71. The first-order chi connectivity index (χ1) is 9.45. The van der Waals surface area contributed by atoms with Gasteiger partial charge in [-0.1, -0.05) is 12.1 Å². The molecule has 1 aliphatic heterocycles. The lowest BCUT2D eigenvalue weighted by molar-refractivity contribution is -0.0618. The maximum Gasteiger partial charge on any atom is 0.123 e. The Hall–Kier alpha value is -0.970. The highest BCUT2D eigenvalue weighted by atomic mass is 19.1. The summed E-state index contributed by atoms with van der Waals surface area (Å²) in [4.78, 5) is 2.38. The highest BCUT2D eigenvalue weighted by Crippen LogP contribution is 2.28. The minimum Gasteiger partial charge on any atom is -0.377 e. The Balaban J connectivity index is 2.06. The summed E-state index contributed by atoms with van der Waals surface area (Å²) in [6.07, 6.45) is 2.20. The Morgan fingerprint density at radius 3 is 2.60 bits per heavy atom. The summed E-state index contributed by atoms with van der Waals surface area (Å²) in [5.74, 6) is -0.224. The maximum atomic E-state index is 13.0. The largest absolute Gasteiger partial charge is 0.377 e. The molecule has 1 aromatic carbocycles. The van der Waals surface area contributed by atoms with E-state index >= 15 is 0 Å². The van der Waals surface area contributed by atoms with Crippen LogP contribution >= 0.6 is 0 Å². The zero-order valence-electron chi connectivity index (χ0n) is 12.6. The van der Waals surface area contributed by atoms with Crippen LogP contribution in [0.3, 0.4) is 0 Å². The van der Waals surface area contributed by atoms with Gasteiger partial charge in [-0.15, -0.1) is 0 Å². The molecule has 0 aliphatic carbocycles. The van der Waals surface area contributed by atoms with Crippen molar-refractivity contribution in [3.8, 4) is 0 Å². The summed E-state index contributed by atoms with van der Waals surface area (Å²) in [5, 5.41) is 0. The van der Waals surface area contributed by atoms with Gasteiger partial charge in [0.25, 0.3) is 0 Å². The fourth-order valence-electron chi connectivity index (χ4n) is 2.95. The second-order valence-corrected chi connectivity index (χ2v) is 6.05. The van der Waals surface area contributed by atoms with Crippen LogP contribution in [-0.2, 0) is 4.74 Å². The van der Waals surface area contributed by atoms with Crippen molar-refractivity contribution in [2.75, 3.05) is 20.2 Å². The first-order valence-electron chi connectivity index (χ1n) is 7.25. The normalized spacial score (nSPS) is 27.2. The summed E-state index contributed by atoms with van der Waals surface area (Å²) in [5.41, 5.74) is 7.23. The van der Waals surface area contributed by atoms with Crippen molar-refractivity contribution >= 4 is 0 Å². The van der Waals surface area contributed by atoms with E-state index in [1.54, 1.807) is 19.2 Å². The number of benzene rings is 1. The van der Waals surface area contributed by atoms with Crippen molar-refractivity contribution in [3.63, 3.8) is 0 Å². The molecule has 0 saturated carbocycles. The quantitative estimate of drug-likeness (QED) is 0.921. The number of methoxy groups -OCH3 is 1. The second-order valence-electron chi connectivity index (χ2n) is 6.05. The van der Waals surface area contributed by atoms with E-state index in [1.165, 1.54) is 12.1 Å². The van der Waals surface area contributed by atoms with E-state index in [-0.39, 0.29) is 23.5 Å². The van der Waals surface area contributed by atoms with Gasteiger partial charge in [0.1, 0.15) is 5.82 Å². The maximum absolute atomic E-state index is 13.0. The zero-order chi connectivity index (χ0) is 14.8. The van der Waals surface area contributed by atoms with Gasteiger partial charge in [0.15, 0.2) is 0 Å². The van der Waals surface area contributed by atoms with Gasteiger partial charge in [-0.05, 0) is 50.9 Å². The Labute approximate surface area is 120 Å². The molecule has 3 nitrogen and oxygen atoms in total. The Bertz CT molecular complexity index is 437. The lowest BCUT2D eigenvalue weighted by atomic mass is 9.91. The second kappa shape index (κ2) is 6.20. The standard InChI is InChI=1S/C16H25FN2O/c1-12(15(18)13-5-7-14(17)8-6-13)19-10-4-9-16(2,11-19)20-3/h5-8,12,15H,4,9-11,18H2,1-3H3. The van der Waals surface area contributed by atoms with Crippen LogP contribution in [0, 0.1) is 5.82 Å². The van der Waals surface area contributed by atoms with Crippen molar-refractivity contribution in [2.45, 2.75) is 44.4 Å². The van der Waals surface area contributed by atoms with Gasteiger partial charge in [0.2, 0.25) is 0 Å². The number of ether oxygens (including phenoxy) is 1. The monoisotopic (exact) mass is 280 g/mol. The van der Waals surface area contributed by atoms with Crippen molar-refractivity contribution in [3.05, 3.63) is 35.6 Å². The van der Waals surface area contributed by atoms with Gasteiger partial charge >= 0.3 is 0 Å². The number of piperidine rings is 1. The molecule has 1 saturated heterocycles. The molecule has 0 aromatic heterocycles. The average molecular weight is 280 g/mol. The average Bonchev–Trinajstić information content (AvgIpc) is 2.46. The molecular formula is C16H25FN2O. The molecular weight excluding hydrogens is 255 g/mol. The third-order valence-corrected chi connectivity index (χ3v) is 4.53. The molecule has 1 aromatic rings. The smallest absolute Gasteiger partial charge is 0.123 e. The van der Waals surface area contributed by atoms with E-state index in [9.17, 15) is 4.39 Å². The van der Waals surface area contributed by atoms with Crippen LogP contribution in [0.25, 0.3) is 0 Å². The van der Waals surface area contributed by atoms with Gasteiger partial charge < -0.3 is 10.5 Å². The molecule has 112 valence electrons. The molecule has 0 spiro atoms. The number of hydrogen-bond donors (Lipinski definition) is 1. The number of halogens is 1. The van der Waals surface area contributed by atoms with Crippen LogP contribution in [0.5, 0.6) is 0 Å². The van der Waals surface area contributed by atoms with Crippen LogP contribution in [0.4, 0.5) is 4.39 Å². The first kappa shape index (κ1) is 15.4. The van der Waals surface area contributed by atoms with Crippen molar-refractivity contribution < 1.29 is 9.13 Å². The SMILES string of the molecule is COC1(C)CCCN(C(C)C(N)c2ccc(F)cc2)C1. The molecule has 3 unspecified atom stereocenters. The van der Waals surface area contributed by atoms with Gasteiger partial charge in [-0.3, -0.25) is 4.90 Å². The molecule has 0 radical (unpaired) electrons. The van der Waals surface area contributed by atoms with E-state index in [0.29, 0.717) is 0 Å². The van der Waals surface area contributed by atoms with Crippen molar-refractivity contribution in [1.29, 1.82) is 0 Å². The lowest BCUT2D eigenvalue weighted by Gasteiger charge is -2.43. The summed E-state index contributed by atoms with van der Waals surface area (Å²) in [7, 11) is 1.77. The Morgan fingerprint density at radius 1 is 1.35 bits per heavy atom.